The monoisotopic (exact) mass is 593 g/mol. The first-order chi connectivity index (χ1) is 21.6. The quantitative estimate of drug-likeness (QED) is 0.188. The number of fused-ring (bicyclic) bond motifs is 2. The SMILES string of the molecule is N=C1C=C(N)C(=Nc2c(NCCN3CCCC3)nn3ccccc23)N=C1Nc1c(NCCN2CCCC2)nn2ccccc12. The van der Waals surface area contributed by atoms with Crippen molar-refractivity contribution in [2.24, 2.45) is 15.7 Å². The molecule has 0 aromatic carbocycles. The van der Waals surface area contributed by atoms with Crippen LogP contribution in [0.25, 0.3) is 11.0 Å². The van der Waals surface area contributed by atoms with Crippen molar-refractivity contribution in [3.63, 3.8) is 0 Å². The maximum atomic E-state index is 8.70. The molecule has 3 aliphatic heterocycles. The van der Waals surface area contributed by atoms with Crippen LogP contribution in [0.2, 0.25) is 0 Å². The van der Waals surface area contributed by atoms with Crippen LogP contribution < -0.4 is 21.7 Å². The average molecular weight is 594 g/mol. The number of amidine groups is 2. The number of nitrogens with one attached hydrogen (secondary N) is 4. The van der Waals surface area contributed by atoms with E-state index in [9.17, 15) is 0 Å². The zero-order chi connectivity index (χ0) is 29.9. The lowest BCUT2D eigenvalue weighted by Gasteiger charge is -2.17. The fraction of sp³-hybridized carbons (Fsp3) is 0.387. The van der Waals surface area contributed by atoms with Crippen LogP contribution in [-0.4, -0.2) is 98.8 Å². The molecule has 0 atom stereocenters. The van der Waals surface area contributed by atoms with Crippen LogP contribution in [0, 0.1) is 5.41 Å². The van der Waals surface area contributed by atoms with Gasteiger partial charge in [0, 0.05) is 38.6 Å². The highest BCUT2D eigenvalue weighted by atomic mass is 15.3. The van der Waals surface area contributed by atoms with Gasteiger partial charge in [-0.3, -0.25) is 5.41 Å². The maximum Gasteiger partial charge on any atom is 0.178 e. The Bertz CT molecular complexity index is 1750. The molecule has 0 radical (unpaired) electrons. The van der Waals surface area contributed by atoms with Crippen LogP contribution in [0.15, 0.2) is 70.5 Å². The summed E-state index contributed by atoms with van der Waals surface area (Å²) in [5.74, 6) is 2.05. The van der Waals surface area contributed by atoms with E-state index in [-0.39, 0.29) is 5.71 Å². The average Bonchev–Trinajstić information content (AvgIpc) is 3.84. The molecule has 4 aromatic rings. The molecule has 4 aromatic heterocycles. The molecule has 0 aliphatic carbocycles. The number of hydrogen-bond acceptors (Lipinski definition) is 10. The summed E-state index contributed by atoms with van der Waals surface area (Å²) in [5, 5.41) is 28.6. The van der Waals surface area contributed by atoms with Crippen LogP contribution in [0.4, 0.5) is 23.0 Å². The number of rotatable bonds is 10. The summed E-state index contributed by atoms with van der Waals surface area (Å²) in [4.78, 5) is 14.6. The standard InChI is InChI=1S/C31H39N13/c32-22-21-23(33)29(37-27-25-10-2-4-18-44(25)40-31(27)35-12-20-42-15-7-8-16-42)38-28(22)36-26-24-9-1-3-17-43(24)39-30(26)34-11-19-41-13-5-6-14-41/h1-4,9-10,17-18,21,32H,5-8,11-16,19-20,33H2,(H,34,39)(H,35,40)(H,36,37,38). The number of dihydropyridines is 1. The second kappa shape index (κ2) is 12.5. The van der Waals surface area contributed by atoms with Crippen LogP contribution >= 0.6 is 0 Å². The van der Waals surface area contributed by atoms with Crippen molar-refractivity contribution in [1.29, 1.82) is 5.41 Å². The molecule has 0 bridgehead atoms. The number of pyridine rings is 2. The third-order valence-corrected chi connectivity index (χ3v) is 8.38. The molecule has 13 nitrogen and oxygen atoms in total. The summed E-state index contributed by atoms with van der Waals surface area (Å²) >= 11 is 0. The predicted octanol–water partition coefficient (Wildman–Crippen LogP) is 3.41. The molecule has 2 fully saturated rings. The molecule has 2 saturated heterocycles. The summed E-state index contributed by atoms with van der Waals surface area (Å²) in [7, 11) is 0. The Kier molecular flexibility index (Phi) is 7.95. The number of hydrogen-bond donors (Lipinski definition) is 5. The first-order valence-corrected chi connectivity index (χ1v) is 15.5. The van der Waals surface area contributed by atoms with Crippen molar-refractivity contribution in [3.05, 3.63) is 60.6 Å². The summed E-state index contributed by atoms with van der Waals surface area (Å²) in [6.45, 7) is 8.00. The van der Waals surface area contributed by atoms with Gasteiger partial charge >= 0.3 is 0 Å². The number of nitrogens with zero attached hydrogens (tertiary/aromatic N) is 8. The first-order valence-electron chi connectivity index (χ1n) is 15.5. The second-order valence-corrected chi connectivity index (χ2v) is 11.5. The summed E-state index contributed by atoms with van der Waals surface area (Å²) < 4.78 is 3.64. The zero-order valence-corrected chi connectivity index (χ0v) is 24.8. The van der Waals surface area contributed by atoms with Crippen LogP contribution in [0.1, 0.15) is 25.7 Å². The van der Waals surface area contributed by atoms with E-state index < -0.39 is 0 Å². The minimum atomic E-state index is 0.170. The van der Waals surface area contributed by atoms with Crippen molar-refractivity contribution in [3.8, 4) is 0 Å². The van der Waals surface area contributed by atoms with Crippen LogP contribution in [-0.2, 0) is 0 Å². The molecule has 44 heavy (non-hydrogen) atoms. The first kappa shape index (κ1) is 28.0. The molecule has 7 heterocycles. The second-order valence-electron chi connectivity index (χ2n) is 11.5. The number of nitrogens with two attached hydrogens (primary N) is 1. The van der Waals surface area contributed by atoms with Crippen molar-refractivity contribution < 1.29 is 0 Å². The van der Waals surface area contributed by atoms with Gasteiger partial charge in [-0.05, 0) is 82.2 Å². The fourth-order valence-electron chi connectivity index (χ4n) is 6.07. The Balaban J connectivity index is 1.17. The van der Waals surface area contributed by atoms with Crippen LogP contribution in [0.5, 0.6) is 0 Å². The Labute approximate surface area is 256 Å². The molecule has 3 aliphatic rings. The van der Waals surface area contributed by atoms with Crippen molar-refractivity contribution in [1.82, 2.24) is 29.0 Å². The Morgan fingerprint density at radius 1 is 0.795 bits per heavy atom. The van der Waals surface area contributed by atoms with Gasteiger partial charge in [0.1, 0.15) is 11.4 Å². The van der Waals surface area contributed by atoms with Gasteiger partial charge in [0.2, 0.25) is 0 Å². The van der Waals surface area contributed by atoms with Crippen molar-refractivity contribution in [2.75, 3.05) is 68.3 Å². The topological polar surface area (TPSA) is 152 Å². The van der Waals surface area contributed by atoms with E-state index in [0.29, 0.717) is 34.7 Å². The normalized spacial score (nSPS) is 18.8. The maximum absolute atomic E-state index is 8.70. The van der Waals surface area contributed by atoms with Gasteiger partial charge in [-0.15, -0.1) is 10.2 Å². The van der Waals surface area contributed by atoms with Gasteiger partial charge in [-0.25, -0.2) is 19.0 Å². The van der Waals surface area contributed by atoms with Crippen molar-refractivity contribution >= 4 is 51.4 Å². The molecule has 0 unspecified atom stereocenters. The summed E-state index contributed by atoms with van der Waals surface area (Å²) in [6, 6.07) is 11.8. The van der Waals surface area contributed by atoms with E-state index in [2.05, 4.69) is 25.8 Å². The molecule has 7 rings (SSSR count). The zero-order valence-electron chi connectivity index (χ0n) is 24.8. The van der Waals surface area contributed by atoms with E-state index in [1.165, 1.54) is 25.7 Å². The Morgan fingerprint density at radius 3 is 2.07 bits per heavy atom. The van der Waals surface area contributed by atoms with Gasteiger partial charge in [0.15, 0.2) is 23.3 Å². The predicted molar refractivity (Wildman–Crippen MR) is 177 cm³/mol. The fourth-order valence-corrected chi connectivity index (χ4v) is 6.07. The summed E-state index contributed by atoms with van der Waals surface area (Å²) in [5.41, 5.74) is 10.0. The number of aromatic nitrogens is 4. The van der Waals surface area contributed by atoms with E-state index in [4.69, 9.17) is 31.3 Å². The number of aliphatic imine (C=N–C) groups is 2. The highest BCUT2D eigenvalue weighted by Crippen LogP contribution is 2.31. The minimum absolute atomic E-state index is 0.170. The van der Waals surface area contributed by atoms with Gasteiger partial charge in [-0.1, -0.05) is 12.1 Å². The highest BCUT2D eigenvalue weighted by Gasteiger charge is 2.22. The molecule has 0 spiro atoms. The largest absolute Gasteiger partial charge is 0.396 e. The molecule has 228 valence electrons. The molecule has 13 heteroatoms. The number of anilines is 3. The Hall–Kier alpha value is -4.75. The van der Waals surface area contributed by atoms with Gasteiger partial charge in [0.05, 0.1) is 22.4 Å². The van der Waals surface area contributed by atoms with Crippen LogP contribution in [0.3, 0.4) is 0 Å². The molecule has 0 saturated carbocycles. The molecule has 0 amide bonds. The highest BCUT2D eigenvalue weighted by molar-refractivity contribution is 6.52. The number of likely N-dealkylation sites (tertiary alicyclic amines) is 2. The Morgan fingerprint density at radius 2 is 1.39 bits per heavy atom. The van der Waals surface area contributed by atoms with Gasteiger partial charge in [0.25, 0.3) is 0 Å². The lowest BCUT2D eigenvalue weighted by Crippen LogP contribution is -2.30. The third-order valence-electron chi connectivity index (χ3n) is 8.38. The van der Waals surface area contributed by atoms with E-state index in [1.807, 2.05) is 57.8 Å². The minimum Gasteiger partial charge on any atom is -0.396 e. The smallest absolute Gasteiger partial charge is 0.178 e. The van der Waals surface area contributed by atoms with E-state index in [0.717, 1.165) is 69.1 Å². The summed E-state index contributed by atoms with van der Waals surface area (Å²) in [6.07, 6.45) is 10.4. The third kappa shape index (κ3) is 5.88. The van der Waals surface area contributed by atoms with E-state index >= 15 is 0 Å². The van der Waals surface area contributed by atoms with Gasteiger partial charge in [-0.2, -0.15) is 0 Å². The lowest BCUT2D eigenvalue weighted by atomic mass is 10.2. The van der Waals surface area contributed by atoms with E-state index in [1.54, 1.807) is 6.08 Å². The molecular weight excluding hydrogens is 554 g/mol. The molecule has 6 N–H and O–H groups in total. The van der Waals surface area contributed by atoms with Gasteiger partial charge < -0.3 is 31.5 Å². The lowest BCUT2D eigenvalue weighted by molar-refractivity contribution is 0.352. The molecular formula is C31H39N13. The van der Waals surface area contributed by atoms with Crippen molar-refractivity contribution in [2.45, 2.75) is 25.7 Å².